The Kier molecular flexibility index (Phi) is 9.46. The van der Waals surface area contributed by atoms with Crippen molar-refractivity contribution in [1.82, 2.24) is 5.32 Å². The van der Waals surface area contributed by atoms with E-state index in [-0.39, 0.29) is 18.6 Å². The minimum atomic E-state index is -0.102. The van der Waals surface area contributed by atoms with Crippen molar-refractivity contribution in [3.8, 4) is 0 Å². The molecule has 1 N–H and O–H groups in total. The number of nitrogens with one attached hydrogen (secondary N) is 1. The first-order valence-corrected chi connectivity index (χ1v) is 5.05. The molecule has 0 saturated heterocycles. The quantitative estimate of drug-likeness (QED) is 0.562. The van der Waals surface area contributed by atoms with Gasteiger partial charge in [0.2, 0.25) is 5.91 Å². The second-order valence-electron chi connectivity index (χ2n) is 3.30. The van der Waals surface area contributed by atoms with Crippen LogP contribution in [-0.2, 0) is 19.0 Å². The summed E-state index contributed by atoms with van der Waals surface area (Å²) in [6.45, 7) is 3.61. The van der Waals surface area contributed by atoms with E-state index in [4.69, 9.17) is 14.2 Å². The fourth-order valence-electron chi connectivity index (χ4n) is 0.990. The van der Waals surface area contributed by atoms with Gasteiger partial charge in [-0.25, -0.2) is 0 Å². The summed E-state index contributed by atoms with van der Waals surface area (Å²) in [6.07, 6.45) is 0.806. The second kappa shape index (κ2) is 9.89. The molecule has 1 unspecified atom stereocenters. The second-order valence-corrected chi connectivity index (χ2v) is 3.30. The molecule has 0 saturated carbocycles. The Morgan fingerprint density at radius 3 is 2.47 bits per heavy atom. The highest BCUT2D eigenvalue weighted by Gasteiger charge is 2.06. The molecule has 0 aliphatic carbocycles. The van der Waals surface area contributed by atoms with Crippen LogP contribution in [0.4, 0.5) is 0 Å². The first-order valence-electron chi connectivity index (χ1n) is 5.05. The highest BCUT2D eigenvalue weighted by molar-refractivity contribution is 5.77. The maximum atomic E-state index is 11.3. The average Bonchev–Trinajstić information content (AvgIpc) is 2.21. The van der Waals surface area contributed by atoms with Crippen LogP contribution < -0.4 is 5.32 Å². The monoisotopic (exact) mass is 219 g/mol. The molecule has 0 rings (SSSR count). The minimum Gasteiger partial charge on any atom is -0.385 e. The molecule has 0 fully saturated rings. The molecule has 5 nitrogen and oxygen atoms in total. The van der Waals surface area contributed by atoms with Crippen LogP contribution >= 0.6 is 0 Å². The molecule has 0 aromatic carbocycles. The third-order valence-electron chi connectivity index (χ3n) is 1.83. The lowest BCUT2D eigenvalue weighted by Crippen LogP contribution is -2.36. The van der Waals surface area contributed by atoms with E-state index in [2.05, 4.69) is 5.32 Å². The summed E-state index contributed by atoms with van der Waals surface area (Å²) in [4.78, 5) is 11.3. The zero-order valence-corrected chi connectivity index (χ0v) is 9.75. The van der Waals surface area contributed by atoms with Crippen molar-refractivity contribution in [3.63, 3.8) is 0 Å². The molecule has 1 amide bonds. The van der Waals surface area contributed by atoms with E-state index < -0.39 is 0 Å². The molecule has 0 aromatic rings. The van der Waals surface area contributed by atoms with Crippen molar-refractivity contribution in [2.75, 3.05) is 40.6 Å². The van der Waals surface area contributed by atoms with Gasteiger partial charge in [-0.15, -0.1) is 0 Å². The van der Waals surface area contributed by atoms with Crippen molar-refractivity contribution in [3.05, 3.63) is 0 Å². The SMILES string of the molecule is COCCOCC(=O)NC(C)CCOC. The van der Waals surface area contributed by atoms with Crippen molar-refractivity contribution >= 4 is 5.91 Å². The zero-order valence-electron chi connectivity index (χ0n) is 9.75. The van der Waals surface area contributed by atoms with E-state index in [0.717, 1.165) is 6.42 Å². The number of carbonyl (C=O) groups is 1. The number of amides is 1. The van der Waals surface area contributed by atoms with Crippen LogP contribution in [0.3, 0.4) is 0 Å². The van der Waals surface area contributed by atoms with Gasteiger partial charge in [-0.1, -0.05) is 0 Å². The van der Waals surface area contributed by atoms with Gasteiger partial charge >= 0.3 is 0 Å². The van der Waals surface area contributed by atoms with E-state index in [1.54, 1.807) is 14.2 Å². The lowest BCUT2D eigenvalue weighted by molar-refractivity contribution is -0.126. The van der Waals surface area contributed by atoms with Gasteiger partial charge in [0, 0.05) is 26.9 Å². The van der Waals surface area contributed by atoms with Crippen molar-refractivity contribution in [2.24, 2.45) is 0 Å². The molecule has 0 spiro atoms. The van der Waals surface area contributed by atoms with Gasteiger partial charge in [0.15, 0.2) is 0 Å². The number of methoxy groups -OCH3 is 2. The van der Waals surface area contributed by atoms with E-state index in [9.17, 15) is 4.79 Å². The van der Waals surface area contributed by atoms with Gasteiger partial charge in [0.25, 0.3) is 0 Å². The van der Waals surface area contributed by atoms with Crippen LogP contribution in [0.5, 0.6) is 0 Å². The van der Waals surface area contributed by atoms with Crippen molar-refractivity contribution < 1.29 is 19.0 Å². The first kappa shape index (κ1) is 14.3. The van der Waals surface area contributed by atoms with Crippen LogP contribution in [0.2, 0.25) is 0 Å². The summed E-state index contributed by atoms with van der Waals surface area (Å²) in [5, 5.41) is 2.81. The van der Waals surface area contributed by atoms with E-state index in [1.165, 1.54) is 0 Å². The van der Waals surface area contributed by atoms with Crippen LogP contribution in [0.15, 0.2) is 0 Å². The Morgan fingerprint density at radius 1 is 1.20 bits per heavy atom. The fraction of sp³-hybridized carbons (Fsp3) is 0.900. The number of carbonyl (C=O) groups excluding carboxylic acids is 1. The Morgan fingerprint density at radius 2 is 1.87 bits per heavy atom. The highest BCUT2D eigenvalue weighted by Crippen LogP contribution is 1.90. The van der Waals surface area contributed by atoms with Gasteiger partial charge < -0.3 is 19.5 Å². The third-order valence-corrected chi connectivity index (χ3v) is 1.83. The largest absolute Gasteiger partial charge is 0.385 e. The van der Waals surface area contributed by atoms with Gasteiger partial charge in [0.1, 0.15) is 6.61 Å². The number of ether oxygens (including phenoxy) is 3. The predicted molar refractivity (Wildman–Crippen MR) is 56.8 cm³/mol. The predicted octanol–water partition coefficient (Wildman–Crippen LogP) is 0.191. The molecule has 15 heavy (non-hydrogen) atoms. The van der Waals surface area contributed by atoms with E-state index in [1.807, 2.05) is 6.92 Å². The Hall–Kier alpha value is -0.650. The standard InChI is InChI=1S/C10H21NO4/c1-9(4-5-13-2)11-10(12)8-15-7-6-14-3/h9H,4-8H2,1-3H3,(H,11,12). The van der Waals surface area contributed by atoms with Crippen LogP contribution in [-0.4, -0.2) is 52.6 Å². The molecule has 1 atom stereocenters. The molecular weight excluding hydrogens is 198 g/mol. The molecule has 0 bridgehead atoms. The highest BCUT2D eigenvalue weighted by atomic mass is 16.5. The van der Waals surface area contributed by atoms with Gasteiger partial charge in [-0.2, -0.15) is 0 Å². The van der Waals surface area contributed by atoms with Crippen molar-refractivity contribution in [2.45, 2.75) is 19.4 Å². The zero-order chi connectivity index (χ0) is 11.5. The summed E-state index contributed by atoms with van der Waals surface area (Å²) in [7, 11) is 3.23. The molecule has 0 aromatic heterocycles. The maximum absolute atomic E-state index is 11.3. The summed E-state index contributed by atoms with van der Waals surface area (Å²) in [5.41, 5.74) is 0. The summed E-state index contributed by atoms with van der Waals surface area (Å²) >= 11 is 0. The molecule has 90 valence electrons. The Bertz CT molecular complexity index is 164. The Labute approximate surface area is 91.1 Å². The Balaban J connectivity index is 3.38. The molecule has 0 radical (unpaired) electrons. The maximum Gasteiger partial charge on any atom is 0.246 e. The van der Waals surface area contributed by atoms with Crippen molar-refractivity contribution in [1.29, 1.82) is 0 Å². The molecule has 0 heterocycles. The normalized spacial score (nSPS) is 12.5. The smallest absolute Gasteiger partial charge is 0.246 e. The minimum absolute atomic E-state index is 0.0840. The summed E-state index contributed by atoms with van der Waals surface area (Å²) in [5.74, 6) is -0.102. The number of hydrogen-bond donors (Lipinski definition) is 1. The summed E-state index contributed by atoms with van der Waals surface area (Å²) in [6, 6.07) is 0.114. The summed E-state index contributed by atoms with van der Waals surface area (Å²) < 4.78 is 14.8. The van der Waals surface area contributed by atoms with Crippen LogP contribution in [0, 0.1) is 0 Å². The topological polar surface area (TPSA) is 56.8 Å². The molecular formula is C10H21NO4. The van der Waals surface area contributed by atoms with Gasteiger partial charge in [-0.05, 0) is 13.3 Å². The van der Waals surface area contributed by atoms with Crippen LogP contribution in [0.1, 0.15) is 13.3 Å². The van der Waals surface area contributed by atoms with Gasteiger partial charge in [0.05, 0.1) is 13.2 Å². The molecule has 0 aliphatic rings. The van der Waals surface area contributed by atoms with E-state index in [0.29, 0.717) is 19.8 Å². The first-order chi connectivity index (χ1) is 7.20. The number of rotatable bonds is 9. The molecule has 0 aliphatic heterocycles. The third kappa shape index (κ3) is 9.65. The van der Waals surface area contributed by atoms with Crippen LogP contribution in [0.25, 0.3) is 0 Å². The lowest BCUT2D eigenvalue weighted by Gasteiger charge is -2.13. The van der Waals surface area contributed by atoms with Gasteiger partial charge in [-0.3, -0.25) is 4.79 Å². The number of hydrogen-bond acceptors (Lipinski definition) is 4. The fourth-order valence-corrected chi connectivity index (χ4v) is 0.990. The average molecular weight is 219 g/mol. The molecule has 5 heteroatoms. The van der Waals surface area contributed by atoms with E-state index >= 15 is 0 Å². The lowest BCUT2D eigenvalue weighted by atomic mass is 10.2.